The summed E-state index contributed by atoms with van der Waals surface area (Å²) in [5.74, 6) is 4.38. The van der Waals surface area contributed by atoms with E-state index < -0.39 is 11.7 Å². The monoisotopic (exact) mass is 197 g/mol. The molecule has 0 aliphatic heterocycles. The smallest absolute Gasteiger partial charge is 0.269 e. The van der Waals surface area contributed by atoms with E-state index in [1.54, 1.807) is 6.92 Å². The van der Waals surface area contributed by atoms with E-state index in [4.69, 9.17) is 11.6 Å². The molecular formula is C9H12FN3O. The van der Waals surface area contributed by atoms with Gasteiger partial charge in [0.25, 0.3) is 5.91 Å². The van der Waals surface area contributed by atoms with Gasteiger partial charge in [-0.3, -0.25) is 9.80 Å². The predicted octanol–water partition coefficient (Wildman–Crippen LogP) is 0.744. The SMILES string of the molecule is CCN(N)C(=O)c1cc(F)ccc1N. The maximum Gasteiger partial charge on any atom is 0.269 e. The van der Waals surface area contributed by atoms with E-state index >= 15 is 0 Å². The van der Waals surface area contributed by atoms with Gasteiger partial charge in [0, 0.05) is 12.2 Å². The summed E-state index contributed by atoms with van der Waals surface area (Å²) >= 11 is 0. The van der Waals surface area contributed by atoms with Crippen LogP contribution in [0.2, 0.25) is 0 Å². The van der Waals surface area contributed by atoms with Crippen LogP contribution in [-0.4, -0.2) is 17.5 Å². The molecule has 1 aromatic carbocycles. The molecule has 0 saturated carbocycles. The van der Waals surface area contributed by atoms with E-state index in [2.05, 4.69) is 0 Å². The first-order valence-corrected chi connectivity index (χ1v) is 4.17. The molecule has 0 saturated heterocycles. The summed E-state index contributed by atoms with van der Waals surface area (Å²) in [5.41, 5.74) is 5.83. The predicted molar refractivity (Wildman–Crippen MR) is 51.7 cm³/mol. The second kappa shape index (κ2) is 4.06. The molecule has 0 fully saturated rings. The van der Waals surface area contributed by atoms with Crippen molar-refractivity contribution in [3.8, 4) is 0 Å². The summed E-state index contributed by atoms with van der Waals surface area (Å²) in [6, 6.07) is 3.61. The first-order chi connectivity index (χ1) is 6.56. The molecule has 0 heterocycles. The molecular weight excluding hydrogens is 185 g/mol. The Morgan fingerprint density at radius 3 is 2.79 bits per heavy atom. The highest BCUT2D eigenvalue weighted by Crippen LogP contribution is 2.14. The number of anilines is 1. The minimum atomic E-state index is -0.507. The van der Waals surface area contributed by atoms with Crippen LogP contribution >= 0.6 is 0 Å². The van der Waals surface area contributed by atoms with E-state index in [-0.39, 0.29) is 11.3 Å². The van der Waals surface area contributed by atoms with Crippen LogP contribution in [0.1, 0.15) is 17.3 Å². The fourth-order valence-corrected chi connectivity index (χ4v) is 1.01. The lowest BCUT2D eigenvalue weighted by Crippen LogP contribution is -2.37. The zero-order chi connectivity index (χ0) is 10.7. The van der Waals surface area contributed by atoms with Gasteiger partial charge < -0.3 is 5.73 Å². The molecule has 5 heteroatoms. The molecule has 0 aliphatic carbocycles. The summed E-state index contributed by atoms with van der Waals surface area (Å²) < 4.78 is 12.8. The lowest BCUT2D eigenvalue weighted by molar-refractivity contribution is 0.0765. The number of carbonyl (C=O) groups excluding carboxylic acids is 1. The Kier molecular flexibility index (Phi) is 3.03. The number of benzene rings is 1. The van der Waals surface area contributed by atoms with Crippen LogP contribution < -0.4 is 11.6 Å². The van der Waals surface area contributed by atoms with E-state index in [1.807, 2.05) is 0 Å². The molecule has 0 aromatic heterocycles. The third-order valence-corrected chi connectivity index (χ3v) is 1.85. The highest BCUT2D eigenvalue weighted by Gasteiger charge is 2.14. The third-order valence-electron chi connectivity index (χ3n) is 1.85. The second-order valence-corrected chi connectivity index (χ2v) is 2.82. The van der Waals surface area contributed by atoms with Crippen LogP contribution in [-0.2, 0) is 0 Å². The summed E-state index contributed by atoms with van der Waals surface area (Å²) in [7, 11) is 0. The van der Waals surface area contributed by atoms with Crippen LogP contribution in [0.4, 0.5) is 10.1 Å². The van der Waals surface area contributed by atoms with Gasteiger partial charge in [-0.25, -0.2) is 10.2 Å². The van der Waals surface area contributed by atoms with E-state index in [9.17, 15) is 9.18 Å². The quantitative estimate of drug-likeness (QED) is 0.318. The number of nitrogen functional groups attached to an aromatic ring is 1. The zero-order valence-electron chi connectivity index (χ0n) is 7.83. The number of amides is 1. The number of rotatable bonds is 2. The van der Waals surface area contributed by atoms with E-state index in [0.29, 0.717) is 6.54 Å². The second-order valence-electron chi connectivity index (χ2n) is 2.82. The van der Waals surface area contributed by atoms with Gasteiger partial charge in [-0.1, -0.05) is 0 Å². The average molecular weight is 197 g/mol. The summed E-state index contributed by atoms with van der Waals surface area (Å²) in [5, 5.41) is 0.977. The molecule has 1 amide bonds. The number of carbonyl (C=O) groups is 1. The Morgan fingerprint density at radius 2 is 2.21 bits per heavy atom. The molecule has 14 heavy (non-hydrogen) atoms. The van der Waals surface area contributed by atoms with Crippen LogP contribution in [0, 0.1) is 5.82 Å². The maximum absolute atomic E-state index is 12.8. The standard InChI is InChI=1S/C9H12FN3O/c1-2-13(12)9(14)7-5-6(10)3-4-8(7)11/h3-5H,2,11-12H2,1H3. The Bertz CT molecular complexity index is 354. The van der Waals surface area contributed by atoms with Crippen molar-refractivity contribution in [1.29, 1.82) is 0 Å². The Labute approximate surface area is 81.3 Å². The van der Waals surface area contributed by atoms with Crippen LogP contribution in [0.15, 0.2) is 18.2 Å². The molecule has 0 bridgehead atoms. The summed E-state index contributed by atoms with van der Waals surface area (Å²) in [6.07, 6.45) is 0. The van der Waals surface area contributed by atoms with Crippen molar-refractivity contribution in [3.63, 3.8) is 0 Å². The van der Waals surface area contributed by atoms with Gasteiger partial charge in [0.2, 0.25) is 0 Å². The largest absolute Gasteiger partial charge is 0.398 e. The molecule has 1 aromatic rings. The minimum Gasteiger partial charge on any atom is -0.398 e. The van der Waals surface area contributed by atoms with E-state index in [1.165, 1.54) is 12.1 Å². The van der Waals surface area contributed by atoms with Crippen molar-refractivity contribution in [3.05, 3.63) is 29.6 Å². The van der Waals surface area contributed by atoms with Gasteiger partial charge in [-0.2, -0.15) is 0 Å². The molecule has 0 atom stereocenters. The first kappa shape index (κ1) is 10.5. The Hall–Kier alpha value is -1.62. The number of hydrogen-bond acceptors (Lipinski definition) is 3. The maximum atomic E-state index is 12.8. The van der Waals surface area contributed by atoms with Gasteiger partial charge in [0.05, 0.1) is 5.56 Å². The van der Waals surface area contributed by atoms with Crippen LogP contribution in [0.25, 0.3) is 0 Å². The molecule has 0 radical (unpaired) electrons. The van der Waals surface area contributed by atoms with Gasteiger partial charge in [-0.15, -0.1) is 0 Å². The Balaban J connectivity index is 3.06. The molecule has 0 spiro atoms. The highest BCUT2D eigenvalue weighted by molar-refractivity contribution is 5.98. The normalized spacial score (nSPS) is 9.93. The average Bonchev–Trinajstić information content (AvgIpc) is 2.19. The van der Waals surface area contributed by atoms with Crippen molar-refractivity contribution in [2.24, 2.45) is 5.84 Å². The fourth-order valence-electron chi connectivity index (χ4n) is 1.01. The van der Waals surface area contributed by atoms with Gasteiger partial charge in [-0.05, 0) is 25.1 Å². The minimum absolute atomic E-state index is 0.0920. The first-order valence-electron chi connectivity index (χ1n) is 4.17. The van der Waals surface area contributed by atoms with E-state index in [0.717, 1.165) is 11.1 Å². The summed E-state index contributed by atoms with van der Waals surface area (Å²) in [6.45, 7) is 2.06. The number of hydrazine groups is 1. The molecule has 76 valence electrons. The summed E-state index contributed by atoms with van der Waals surface area (Å²) in [4.78, 5) is 11.5. The van der Waals surface area contributed by atoms with Crippen molar-refractivity contribution >= 4 is 11.6 Å². The van der Waals surface area contributed by atoms with Gasteiger partial charge in [0.15, 0.2) is 0 Å². The van der Waals surface area contributed by atoms with Gasteiger partial charge >= 0.3 is 0 Å². The lowest BCUT2D eigenvalue weighted by Gasteiger charge is -2.14. The molecule has 0 aliphatic rings. The third kappa shape index (κ3) is 2.00. The number of nitrogens with zero attached hydrogens (tertiary/aromatic N) is 1. The number of hydrogen-bond donors (Lipinski definition) is 2. The molecule has 4 nitrogen and oxygen atoms in total. The van der Waals surface area contributed by atoms with Crippen molar-refractivity contribution in [1.82, 2.24) is 5.01 Å². The molecule has 4 N–H and O–H groups in total. The highest BCUT2D eigenvalue weighted by atomic mass is 19.1. The van der Waals surface area contributed by atoms with Crippen molar-refractivity contribution in [2.45, 2.75) is 6.92 Å². The van der Waals surface area contributed by atoms with Crippen molar-refractivity contribution < 1.29 is 9.18 Å². The lowest BCUT2D eigenvalue weighted by atomic mass is 10.1. The van der Waals surface area contributed by atoms with Crippen LogP contribution in [0.3, 0.4) is 0 Å². The zero-order valence-corrected chi connectivity index (χ0v) is 7.83. The number of halogens is 1. The molecule has 0 unspecified atom stereocenters. The van der Waals surface area contributed by atoms with Crippen molar-refractivity contribution in [2.75, 3.05) is 12.3 Å². The molecule has 1 rings (SSSR count). The Morgan fingerprint density at radius 1 is 1.57 bits per heavy atom. The van der Waals surface area contributed by atoms with Crippen LogP contribution in [0.5, 0.6) is 0 Å². The fraction of sp³-hybridized carbons (Fsp3) is 0.222. The topological polar surface area (TPSA) is 72.3 Å². The number of nitrogens with two attached hydrogens (primary N) is 2. The van der Waals surface area contributed by atoms with Gasteiger partial charge in [0.1, 0.15) is 5.82 Å².